The van der Waals surface area contributed by atoms with E-state index in [1.54, 1.807) is 6.07 Å². The van der Waals surface area contributed by atoms with Crippen LogP contribution in [-0.4, -0.2) is 19.5 Å². The summed E-state index contributed by atoms with van der Waals surface area (Å²) in [6.07, 6.45) is 1.95. The van der Waals surface area contributed by atoms with Crippen LogP contribution in [0.15, 0.2) is 126 Å². The van der Waals surface area contributed by atoms with Crippen molar-refractivity contribution in [1.29, 1.82) is 5.26 Å². The molecule has 0 aliphatic rings. The zero-order valence-electron chi connectivity index (χ0n) is 41.2. The number of nitriles is 1. The Kier molecular flexibility index (Phi) is 11.8. The fourth-order valence-electron chi connectivity index (χ4n) is 8.18. The summed E-state index contributed by atoms with van der Waals surface area (Å²) in [6, 6.07) is 47.5. The molecule has 0 saturated heterocycles. The average Bonchev–Trinajstić information content (AvgIpc) is 3.86. The second kappa shape index (κ2) is 18.1. The molecule has 1 radical (unpaired) electrons. The van der Waals surface area contributed by atoms with Crippen LogP contribution in [0, 0.1) is 30.3 Å². The van der Waals surface area contributed by atoms with Gasteiger partial charge in [-0.3, -0.25) is 4.98 Å². The van der Waals surface area contributed by atoms with Crippen molar-refractivity contribution < 1.29 is 28.6 Å². The maximum absolute atomic E-state index is 9.89. The summed E-state index contributed by atoms with van der Waals surface area (Å²) in [5.74, 6) is 1.03. The maximum Gasteiger partial charge on any atom is 0.217 e. The Hall–Kier alpha value is -6.19. The van der Waals surface area contributed by atoms with Crippen LogP contribution in [-0.2, 0) is 30.9 Å². The molecule has 325 valence electrons. The van der Waals surface area contributed by atoms with Crippen LogP contribution in [0.3, 0.4) is 0 Å². The number of aryl methyl sites for hydroxylation is 1. The van der Waals surface area contributed by atoms with E-state index in [0.717, 1.165) is 50.1 Å². The van der Waals surface area contributed by atoms with Crippen molar-refractivity contribution in [1.82, 2.24) is 19.5 Å². The summed E-state index contributed by atoms with van der Waals surface area (Å²) >= 11 is 0. The Balaban J connectivity index is 0.000000331. The van der Waals surface area contributed by atoms with Gasteiger partial charge in [0.2, 0.25) is 5.71 Å². The Morgan fingerprint density at radius 1 is 0.766 bits per heavy atom. The van der Waals surface area contributed by atoms with E-state index in [1.807, 2.05) is 66.9 Å². The van der Waals surface area contributed by atoms with Crippen molar-refractivity contribution in [2.45, 2.75) is 98.8 Å². The second-order valence-corrected chi connectivity index (χ2v) is 18.9. The number of para-hydroxylation sites is 2. The molecule has 4 heterocycles. The number of pyridine rings is 2. The number of rotatable bonds is 6. The van der Waals surface area contributed by atoms with E-state index in [-0.39, 0.29) is 59.7 Å². The van der Waals surface area contributed by atoms with Gasteiger partial charge in [-0.25, -0.2) is 4.98 Å². The molecule has 5 aromatic carbocycles. The zero-order valence-corrected chi connectivity index (χ0v) is 40.6. The fraction of sp³-hybridized carbons (Fsp3) is 0.263. The van der Waals surface area contributed by atoms with Crippen LogP contribution in [0.2, 0.25) is 0 Å². The fourth-order valence-corrected chi connectivity index (χ4v) is 8.18. The molecule has 0 unspecified atom stereocenters. The summed E-state index contributed by atoms with van der Waals surface area (Å²) < 4.78 is 33.3. The molecular weight excluding hydrogens is 963 g/mol. The van der Waals surface area contributed by atoms with E-state index < -0.39 is 6.85 Å². The minimum atomic E-state index is -2.53. The Morgan fingerprint density at radius 2 is 1.45 bits per heavy atom. The van der Waals surface area contributed by atoms with E-state index in [1.165, 1.54) is 16.7 Å². The predicted molar refractivity (Wildman–Crippen MR) is 259 cm³/mol. The molecule has 7 heteroatoms. The molecule has 0 atom stereocenters. The number of aromatic nitrogens is 4. The van der Waals surface area contributed by atoms with E-state index in [2.05, 4.69) is 151 Å². The second-order valence-electron chi connectivity index (χ2n) is 18.9. The summed E-state index contributed by atoms with van der Waals surface area (Å²) in [5, 5.41) is 11.2. The van der Waals surface area contributed by atoms with Gasteiger partial charge in [-0.05, 0) is 104 Å². The van der Waals surface area contributed by atoms with Crippen molar-refractivity contribution in [3.05, 3.63) is 167 Å². The van der Waals surface area contributed by atoms with E-state index in [0.29, 0.717) is 22.4 Å². The van der Waals surface area contributed by atoms with Gasteiger partial charge in [0, 0.05) is 41.5 Å². The third-order valence-electron chi connectivity index (χ3n) is 11.6. The largest absolute Gasteiger partial charge is 0.486 e. The molecular formula is C57H55IrN5O-2. The maximum atomic E-state index is 9.89. The third-order valence-corrected chi connectivity index (χ3v) is 11.6. The van der Waals surface area contributed by atoms with Gasteiger partial charge in [0.15, 0.2) is 0 Å². The van der Waals surface area contributed by atoms with Crippen molar-refractivity contribution in [2.75, 3.05) is 0 Å². The summed E-state index contributed by atoms with van der Waals surface area (Å²) in [5.41, 5.74) is 12.6. The van der Waals surface area contributed by atoms with Gasteiger partial charge < -0.3 is 14.0 Å². The summed E-state index contributed by atoms with van der Waals surface area (Å²) in [6.45, 7) is 19.2. The first kappa shape index (κ1) is 41.8. The molecule has 0 aliphatic heterocycles. The van der Waals surface area contributed by atoms with Crippen molar-refractivity contribution in [3.63, 3.8) is 0 Å². The molecule has 0 spiro atoms. The normalized spacial score (nSPS) is 12.7. The molecule has 0 bridgehead atoms. The van der Waals surface area contributed by atoms with Gasteiger partial charge in [-0.1, -0.05) is 129 Å². The first-order valence-electron chi connectivity index (χ1n) is 23.1. The smallest absolute Gasteiger partial charge is 0.217 e. The van der Waals surface area contributed by atoms with Gasteiger partial charge in [-0.15, -0.1) is 53.6 Å². The standard InChI is InChI=1S/C42H39N4O.C15H16N.Ir/c1-24(2)30-21-28(27-14-10-9-11-15-27)22-31(25(3)4)38(30)46-36-17-13-12-16-34(36)44-40(46)29-18-19-33(42(6,7)8)37-32-20-26(5)35(23-43)45-41(32)47-39(29)37;1-15(2,3)13-9-10-14(16-11-13)12-7-5-4-6-8-12;/h9-17,19-22,24-25H,1-8H3;4-7,9-11H,1-3H3;/q2*-1;/i5D3;;. The van der Waals surface area contributed by atoms with E-state index in [4.69, 9.17) is 13.5 Å². The molecule has 6 nitrogen and oxygen atoms in total. The molecule has 0 amide bonds. The van der Waals surface area contributed by atoms with Crippen LogP contribution in [0.25, 0.3) is 72.6 Å². The van der Waals surface area contributed by atoms with Crippen LogP contribution < -0.4 is 0 Å². The van der Waals surface area contributed by atoms with Crippen LogP contribution in [0.5, 0.6) is 0 Å². The van der Waals surface area contributed by atoms with Gasteiger partial charge >= 0.3 is 0 Å². The van der Waals surface area contributed by atoms with Gasteiger partial charge in [0.25, 0.3) is 0 Å². The Labute approximate surface area is 396 Å². The zero-order chi connectivity index (χ0) is 47.3. The monoisotopic (exact) mass is 1020 g/mol. The third kappa shape index (κ3) is 8.83. The molecule has 0 N–H and O–H groups in total. The molecule has 0 saturated carbocycles. The molecule has 9 aromatic rings. The number of benzene rings is 5. The van der Waals surface area contributed by atoms with E-state index >= 15 is 0 Å². The minimum Gasteiger partial charge on any atom is -0.486 e. The van der Waals surface area contributed by atoms with Crippen molar-refractivity contribution >= 4 is 33.1 Å². The number of hydrogen-bond donors (Lipinski definition) is 0. The number of furan rings is 1. The SMILES string of the molecule is CC(C)(C)c1ccc(-c2[c-]cccc2)nc1.[2H]C([2H])([2H])c1cc2c(nc1C#N)oc1c(-c3nc4ccccc4n3-c3c(C(C)C)cc(-c4ccccc4)cc3C(C)C)[c-]cc(C(C)(C)C)c12.[Ir]. The van der Waals surface area contributed by atoms with Crippen LogP contribution >= 0.6 is 0 Å². The number of fused-ring (bicyclic) bond motifs is 4. The molecule has 0 fully saturated rings. The first-order valence-corrected chi connectivity index (χ1v) is 21.6. The molecule has 9 rings (SSSR count). The number of imidazole rings is 1. The molecule has 0 aliphatic carbocycles. The van der Waals surface area contributed by atoms with Crippen LogP contribution in [0.4, 0.5) is 0 Å². The topological polar surface area (TPSA) is 80.5 Å². The Morgan fingerprint density at radius 3 is 2.05 bits per heavy atom. The van der Waals surface area contributed by atoms with Gasteiger partial charge in [0.05, 0.1) is 22.4 Å². The average molecular weight is 1020 g/mol. The van der Waals surface area contributed by atoms with Gasteiger partial charge in [0.1, 0.15) is 11.8 Å². The van der Waals surface area contributed by atoms with Crippen molar-refractivity contribution in [2.24, 2.45) is 0 Å². The minimum absolute atomic E-state index is 0. The summed E-state index contributed by atoms with van der Waals surface area (Å²) in [7, 11) is 0. The van der Waals surface area contributed by atoms with Gasteiger partial charge in [-0.2, -0.15) is 5.26 Å². The van der Waals surface area contributed by atoms with E-state index in [9.17, 15) is 5.26 Å². The summed E-state index contributed by atoms with van der Waals surface area (Å²) in [4.78, 5) is 14.2. The van der Waals surface area contributed by atoms with Crippen molar-refractivity contribution in [3.8, 4) is 45.5 Å². The Bertz CT molecular complexity index is 3230. The predicted octanol–water partition coefficient (Wildman–Crippen LogP) is 15.0. The number of nitrogens with zero attached hydrogens (tertiary/aromatic N) is 5. The quantitative estimate of drug-likeness (QED) is 0.155. The molecule has 64 heavy (non-hydrogen) atoms. The first-order chi connectivity index (χ1) is 31.3. The van der Waals surface area contributed by atoms with Crippen LogP contribution in [0.1, 0.15) is 119 Å². The molecule has 4 aromatic heterocycles. The number of hydrogen-bond acceptors (Lipinski definition) is 5.